The summed E-state index contributed by atoms with van der Waals surface area (Å²) in [6, 6.07) is 8.29. The molecule has 0 aliphatic carbocycles. The molecule has 0 bridgehead atoms. The molecule has 1 aromatic carbocycles. The predicted octanol–water partition coefficient (Wildman–Crippen LogP) is 2.62. The van der Waals surface area contributed by atoms with Gasteiger partial charge in [0.1, 0.15) is 12.4 Å². The number of thiophene rings is 1. The molecule has 2 rings (SSSR count). The van der Waals surface area contributed by atoms with E-state index in [9.17, 15) is 9.90 Å². The van der Waals surface area contributed by atoms with Crippen LogP contribution in [0.4, 0.5) is 10.5 Å². The fourth-order valence-electron chi connectivity index (χ4n) is 1.71. The molecule has 2 aromatic rings. The lowest BCUT2D eigenvalue weighted by molar-refractivity contribution is 0.175. The second-order valence-electron chi connectivity index (χ2n) is 4.42. The van der Waals surface area contributed by atoms with E-state index in [4.69, 9.17) is 11.2 Å². The van der Waals surface area contributed by atoms with Crippen molar-refractivity contribution >= 4 is 23.1 Å². The van der Waals surface area contributed by atoms with E-state index in [1.807, 2.05) is 16.8 Å². The highest BCUT2D eigenvalue weighted by molar-refractivity contribution is 7.07. The first-order valence-corrected chi connectivity index (χ1v) is 7.54. The van der Waals surface area contributed by atoms with Gasteiger partial charge in [-0.2, -0.15) is 11.3 Å². The molecule has 1 heterocycles. The monoisotopic (exact) mass is 316 g/mol. The number of hydrogen-bond acceptors (Lipinski definition) is 4. The van der Waals surface area contributed by atoms with Crippen molar-refractivity contribution in [1.29, 1.82) is 0 Å². The lowest BCUT2D eigenvalue weighted by Crippen LogP contribution is -2.32. The maximum absolute atomic E-state index is 11.8. The minimum atomic E-state index is -0.712. The molecule has 6 heteroatoms. The number of aliphatic hydroxyl groups is 1. The van der Waals surface area contributed by atoms with Crippen LogP contribution in [0.2, 0.25) is 0 Å². The molecule has 1 aromatic heterocycles. The van der Waals surface area contributed by atoms with Gasteiger partial charge in [0, 0.05) is 12.2 Å². The quantitative estimate of drug-likeness (QED) is 0.718. The first-order chi connectivity index (χ1) is 10.7. The van der Waals surface area contributed by atoms with Gasteiger partial charge in [-0.05, 0) is 46.7 Å². The Kier molecular flexibility index (Phi) is 5.83. The molecular formula is C16H16N2O3S. The van der Waals surface area contributed by atoms with Crippen molar-refractivity contribution in [2.75, 3.05) is 18.5 Å². The maximum Gasteiger partial charge on any atom is 0.319 e. The van der Waals surface area contributed by atoms with Crippen LogP contribution < -0.4 is 15.4 Å². The Hall–Kier alpha value is -2.49. The largest absolute Gasteiger partial charge is 0.481 e. The van der Waals surface area contributed by atoms with Crippen molar-refractivity contribution in [2.45, 2.75) is 6.10 Å². The van der Waals surface area contributed by atoms with Crippen molar-refractivity contribution < 1.29 is 14.6 Å². The SMILES string of the molecule is C#CCOc1ccc(NC(=O)NCC(O)c2ccsc2)cc1. The van der Waals surface area contributed by atoms with Crippen LogP contribution in [0.1, 0.15) is 11.7 Å². The zero-order valence-corrected chi connectivity index (χ0v) is 12.6. The summed E-state index contributed by atoms with van der Waals surface area (Å²) >= 11 is 1.50. The number of terminal acetylenes is 1. The molecule has 2 amide bonds. The third-order valence-electron chi connectivity index (χ3n) is 2.82. The van der Waals surface area contributed by atoms with Crippen LogP contribution in [0.5, 0.6) is 5.75 Å². The molecule has 0 radical (unpaired) electrons. The van der Waals surface area contributed by atoms with E-state index in [1.165, 1.54) is 11.3 Å². The van der Waals surface area contributed by atoms with Crippen molar-refractivity contribution in [2.24, 2.45) is 0 Å². The minimum absolute atomic E-state index is 0.145. The zero-order valence-electron chi connectivity index (χ0n) is 11.8. The molecule has 0 aliphatic heterocycles. The summed E-state index contributed by atoms with van der Waals surface area (Å²) in [4.78, 5) is 11.8. The Labute approximate surface area is 132 Å². The fourth-order valence-corrected chi connectivity index (χ4v) is 2.41. The summed E-state index contributed by atoms with van der Waals surface area (Å²) in [5.74, 6) is 3.01. The third kappa shape index (κ3) is 4.81. The normalized spacial score (nSPS) is 11.3. The number of rotatable bonds is 6. The number of benzene rings is 1. The number of carbonyl (C=O) groups excluding carboxylic acids is 1. The van der Waals surface area contributed by atoms with E-state index in [0.29, 0.717) is 11.4 Å². The summed E-state index contributed by atoms with van der Waals surface area (Å²) in [6.45, 7) is 0.347. The number of anilines is 1. The number of urea groups is 1. The molecule has 1 atom stereocenters. The lowest BCUT2D eigenvalue weighted by atomic mass is 10.2. The number of nitrogens with one attached hydrogen (secondary N) is 2. The fraction of sp³-hybridized carbons (Fsp3) is 0.188. The highest BCUT2D eigenvalue weighted by atomic mass is 32.1. The summed E-state index contributed by atoms with van der Waals surface area (Å²) in [6.07, 6.45) is 4.39. The van der Waals surface area contributed by atoms with Crippen LogP contribution in [0.25, 0.3) is 0 Å². The van der Waals surface area contributed by atoms with E-state index in [1.54, 1.807) is 24.3 Å². The average Bonchev–Trinajstić information content (AvgIpc) is 3.06. The molecule has 0 saturated carbocycles. The molecule has 0 fully saturated rings. The van der Waals surface area contributed by atoms with Gasteiger partial charge in [0.25, 0.3) is 0 Å². The van der Waals surface area contributed by atoms with Gasteiger partial charge in [-0.1, -0.05) is 5.92 Å². The molecule has 22 heavy (non-hydrogen) atoms. The number of ether oxygens (including phenoxy) is 1. The van der Waals surface area contributed by atoms with E-state index in [2.05, 4.69) is 16.6 Å². The summed E-state index contributed by atoms with van der Waals surface area (Å²) in [5.41, 5.74) is 1.41. The second kappa shape index (κ2) is 8.08. The third-order valence-corrected chi connectivity index (χ3v) is 3.52. The summed E-state index contributed by atoms with van der Waals surface area (Å²) in [7, 11) is 0. The Morgan fingerprint density at radius 1 is 1.36 bits per heavy atom. The van der Waals surface area contributed by atoms with E-state index in [0.717, 1.165) is 5.56 Å². The van der Waals surface area contributed by atoms with Crippen LogP contribution in [-0.4, -0.2) is 24.3 Å². The van der Waals surface area contributed by atoms with Crippen LogP contribution in [0.3, 0.4) is 0 Å². The molecule has 5 nitrogen and oxygen atoms in total. The van der Waals surface area contributed by atoms with Crippen molar-refractivity contribution in [3.63, 3.8) is 0 Å². The van der Waals surface area contributed by atoms with Crippen molar-refractivity contribution in [3.05, 3.63) is 46.7 Å². The van der Waals surface area contributed by atoms with E-state index < -0.39 is 6.10 Å². The van der Waals surface area contributed by atoms with Crippen LogP contribution in [0, 0.1) is 12.3 Å². The van der Waals surface area contributed by atoms with Gasteiger partial charge in [0.15, 0.2) is 0 Å². The number of aliphatic hydroxyl groups excluding tert-OH is 1. The highest BCUT2D eigenvalue weighted by Gasteiger charge is 2.09. The van der Waals surface area contributed by atoms with Gasteiger partial charge in [-0.25, -0.2) is 4.79 Å². The average molecular weight is 316 g/mol. The van der Waals surface area contributed by atoms with Gasteiger partial charge in [-0.3, -0.25) is 0 Å². The Bertz CT molecular complexity index is 632. The molecular weight excluding hydrogens is 300 g/mol. The second-order valence-corrected chi connectivity index (χ2v) is 5.20. The Morgan fingerprint density at radius 2 is 2.14 bits per heavy atom. The molecule has 0 spiro atoms. The van der Waals surface area contributed by atoms with Crippen LogP contribution >= 0.6 is 11.3 Å². The molecule has 1 unspecified atom stereocenters. The Morgan fingerprint density at radius 3 is 2.77 bits per heavy atom. The van der Waals surface area contributed by atoms with Crippen LogP contribution in [0.15, 0.2) is 41.1 Å². The smallest absolute Gasteiger partial charge is 0.319 e. The number of carbonyl (C=O) groups is 1. The standard InChI is InChI=1S/C16H16N2O3S/c1-2-8-21-14-5-3-13(4-6-14)18-16(20)17-10-15(19)12-7-9-22-11-12/h1,3-7,9,11,15,19H,8,10H2,(H2,17,18,20). The van der Waals surface area contributed by atoms with Gasteiger partial charge >= 0.3 is 6.03 Å². The van der Waals surface area contributed by atoms with Gasteiger partial charge in [0.2, 0.25) is 0 Å². The Balaban J connectivity index is 1.78. The maximum atomic E-state index is 11.8. The molecule has 114 valence electrons. The van der Waals surface area contributed by atoms with E-state index >= 15 is 0 Å². The van der Waals surface area contributed by atoms with Gasteiger partial charge in [0.05, 0.1) is 6.10 Å². The topological polar surface area (TPSA) is 70.6 Å². The predicted molar refractivity (Wildman–Crippen MR) is 87.1 cm³/mol. The highest BCUT2D eigenvalue weighted by Crippen LogP contribution is 2.16. The number of hydrogen-bond donors (Lipinski definition) is 3. The zero-order chi connectivity index (χ0) is 15.8. The van der Waals surface area contributed by atoms with Gasteiger partial charge in [-0.15, -0.1) is 6.42 Å². The molecule has 0 aliphatic rings. The van der Waals surface area contributed by atoms with Crippen molar-refractivity contribution in [1.82, 2.24) is 5.32 Å². The molecule has 0 saturated heterocycles. The minimum Gasteiger partial charge on any atom is -0.481 e. The number of amides is 2. The van der Waals surface area contributed by atoms with E-state index in [-0.39, 0.29) is 19.2 Å². The first-order valence-electron chi connectivity index (χ1n) is 6.60. The first kappa shape index (κ1) is 15.9. The summed E-state index contributed by atoms with van der Waals surface area (Å²) < 4.78 is 5.24. The van der Waals surface area contributed by atoms with Gasteiger partial charge < -0.3 is 20.5 Å². The summed E-state index contributed by atoms with van der Waals surface area (Å²) in [5, 5.41) is 18.9. The van der Waals surface area contributed by atoms with Crippen LogP contribution in [-0.2, 0) is 0 Å². The lowest BCUT2D eigenvalue weighted by Gasteiger charge is -2.12. The molecule has 3 N–H and O–H groups in total. The van der Waals surface area contributed by atoms with Crippen molar-refractivity contribution in [3.8, 4) is 18.1 Å².